The van der Waals surface area contributed by atoms with Crippen molar-refractivity contribution >= 4 is 38.4 Å². The van der Waals surface area contributed by atoms with Gasteiger partial charge in [0.25, 0.3) is 0 Å². The van der Waals surface area contributed by atoms with Crippen molar-refractivity contribution in [3.8, 4) is 0 Å². The van der Waals surface area contributed by atoms with Crippen molar-refractivity contribution in [1.29, 1.82) is 0 Å². The summed E-state index contributed by atoms with van der Waals surface area (Å²) in [6, 6.07) is 15.5. The zero-order chi connectivity index (χ0) is 18.7. The minimum absolute atomic E-state index is 0.0622. The molecule has 0 spiro atoms. The van der Waals surface area contributed by atoms with Gasteiger partial charge in [-0.2, -0.15) is 0 Å². The van der Waals surface area contributed by atoms with Gasteiger partial charge < -0.3 is 9.64 Å². The molecule has 3 rings (SSSR count). The Balaban J connectivity index is 2.04. The molecular formula is C20H20BrNO3S. The highest BCUT2D eigenvalue weighted by atomic mass is 79.9. The Kier molecular flexibility index (Phi) is 6.09. The third kappa shape index (κ3) is 3.69. The van der Waals surface area contributed by atoms with Gasteiger partial charge in [0.1, 0.15) is 17.7 Å². The van der Waals surface area contributed by atoms with Gasteiger partial charge in [0.05, 0.1) is 10.8 Å². The molecule has 0 aliphatic carbocycles. The number of benzene rings is 2. The van der Waals surface area contributed by atoms with E-state index in [1.165, 1.54) is 0 Å². The van der Waals surface area contributed by atoms with Crippen LogP contribution < -0.4 is 4.90 Å². The summed E-state index contributed by atoms with van der Waals surface area (Å²) >= 11 is 3.50. The first-order chi connectivity index (χ1) is 12.6. The maximum absolute atomic E-state index is 12.2. The fourth-order valence-electron chi connectivity index (χ4n) is 3.54. The van der Waals surface area contributed by atoms with Crippen molar-refractivity contribution in [1.82, 2.24) is 0 Å². The lowest BCUT2D eigenvalue weighted by Crippen LogP contribution is -2.42. The second-order valence-corrected chi connectivity index (χ2v) is 8.43. The van der Waals surface area contributed by atoms with E-state index in [9.17, 15) is 9.00 Å². The highest BCUT2D eigenvalue weighted by Gasteiger charge is 2.37. The summed E-state index contributed by atoms with van der Waals surface area (Å²) in [5.74, 6) is 2.03. The number of carbonyl (C=O) groups excluding carboxylic acids is 1. The van der Waals surface area contributed by atoms with E-state index >= 15 is 0 Å². The monoisotopic (exact) mass is 433 g/mol. The van der Waals surface area contributed by atoms with Crippen molar-refractivity contribution in [2.45, 2.75) is 23.3 Å². The zero-order valence-corrected chi connectivity index (χ0v) is 17.0. The van der Waals surface area contributed by atoms with Crippen LogP contribution >= 0.6 is 15.9 Å². The standard InChI is InChI=1S/C20H20BrNO3S/c1-25-20-16(17-12-14(21)8-9-19(17)26(2)24)10-11-22(18(20)13-23)15-6-4-3-5-7-15/h3-9,12,16,20H,10-11H2,1-2H3. The SMILES string of the molecule is COC1C(=C=O)N(c2ccccc2)CCC1c1cc(Br)ccc1S(C)=O. The van der Waals surface area contributed by atoms with Crippen molar-refractivity contribution in [2.24, 2.45) is 0 Å². The summed E-state index contributed by atoms with van der Waals surface area (Å²) in [5, 5.41) is 0. The largest absolute Gasteiger partial charge is 0.374 e. The molecule has 136 valence electrons. The maximum Gasteiger partial charge on any atom is 0.149 e. The molecular weight excluding hydrogens is 414 g/mol. The van der Waals surface area contributed by atoms with Gasteiger partial charge in [-0.3, -0.25) is 4.21 Å². The highest BCUT2D eigenvalue weighted by Crippen LogP contribution is 2.40. The first kappa shape index (κ1) is 19.1. The van der Waals surface area contributed by atoms with Crippen molar-refractivity contribution in [3.63, 3.8) is 0 Å². The quantitative estimate of drug-likeness (QED) is 0.685. The van der Waals surface area contributed by atoms with E-state index < -0.39 is 16.9 Å². The van der Waals surface area contributed by atoms with Gasteiger partial charge in [0.15, 0.2) is 0 Å². The number of halogens is 1. The summed E-state index contributed by atoms with van der Waals surface area (Å²) in [5.41, 5.74) is 2.37. The Bertz CT molecular complexity index is 865. The number of rotatable bonds is 4. The zero-order valence-electron chi connectivity index (χ0n) is 14.6. The molecule has 6 heteroatoms. The Morgan fingerprint density at radius 2 is 1.96 bits per heavy atom. The first-order valence-corrected chi connectivity index (χ1v) is 10.6. The summed E-state index contributed by atoms with van der Waals surface area (Å²) in [4.78, 5) is 14.6. The number of nitrogens with zero attached hydrogens (tertiary/aromatic N) is 1. The fourth-order valence-corrected chi connectivity index (χ4v) is 4.72. The topological polar surface area (TPSA) is 46.6 Å². The second kappa shape index (κ2) is 8.31. The van der Waals surface area contributed by atoms with E-state index in [0.29, 0.717) is 12.2 Å². The number of anilines is 1. The number of hydrogen-bond donors (Lipinski definition) is 0. The van der Waals surface area contributed by atoms with Crippen LogP contribution in [0.15, 0.2) is 63.6 Å². The molecule has 1 aliphatic heterocycles. The minimum Gasteiger partial charge on any atom is -0.374 e. The molecule has 3 atom stereocenters. The predicted octanol–water partition coefficient (Wildman–Crippen LogP) is 3.91. The van der Waals surface area contributed by atoms with Gasteiger partial charge >= 0.3 is 0 Å². The molecule has 3 unspecified atom stereocenters. The first-order valence-electron chi connectivity index (χ1n) is 8.30. The number of piperidine rings is 1. The Morgan fingerprint density at radius 1 is 1.23 bits per heavy atom. The second-order valence-electron chi connectivity index (χ2n) is 6.16. The lowest BCUT2D eigenvalue weighted by molar-refractivity contribution is 0.0944. The molecule has 1 fully saturated rings. The molecule has 2 aromatic rings. The van der Waals surface area contributed by atoms with Crippen LogP contribution in [0.3, 0.4) is 0 Å². The molecule has 0 amide bonds. The third-order valence-corrected chi connectivity index (χ3v) is 6.18. The van der Waals surface area contributed by atoms with Crippen LogP contribution in [0.2, 0.25) is 0 Å². The third-order valence-electron chi connectivity index (χ3n) is 4.70. The van der Waals surface area contributed by atoms with Gasteiger partial charge in [-0.15, -0.1) is 0 Å². The van der Waals surface area contributed by atoms with Gasteiger partial charge in [-0.25, -0.2) is 4.79 Å². The van der Waals surface area contributed by atoms with Gasteiger partial charge in [-0.05, 0) is 42.3 Å². The molecule has 0 bridgehead atoms. The number of methoxy groups -OCH3 is 1. The van der Waals surface area contributed by atoms with Crippen molar-refractivity contribution in [3.05, 3.63) is 64.3 Å². The molecule has 0 aromatic heterocycles. The molecule has 2 aromatic carbocycles. The summed E-state index contributed by atoms with van der Waals surface area (Å²) in [7, 11) is 0.478. The molecule has 0 N–H and O–H groups in total. The van der Waals surface area contributed by atoms with E-state index in [4.69, 9.17) is 4.74 Å². The van der Waals surface area contributed by atoms with Crippen LogP contribution in [0, 0.1) is 0 Å². The number of para-hydroxylation sites is 1. The smallest absolute Gasteiger partial charge is 0.149 e. The lowest BCUT2D eigenvalue weighted by Gasteiger charge is -2.40. The Labute approximate surface area is 164 Å². The van der Waals surface area contributed by atoms with Crippen LogP contribution in [0.25, 0.3) is 0 Å². The fraction of sp³-hybridized carbons (Fsp3) is 0.300. The average molecular weight is 434 g/mol. The van der Waals surface area contributed by atoms with Gasteiger partial charge in [0.2, 0.25) is 0 Å². The molecule has 1 heterocycles. The molecule has 1 aliphatic rings. The van der Waals surface area contributed by atoms with Crippen molar-refractivity contribution < 1.29 is 13.7 Å². The Morgan fingerprint density at radius 3 is 2.58 bits per heavy atom. The molecule has 4 nitrogen and oxygen atoms in total. The molecule has 0 saturated carbocycles. The van der Waals surface area contributed by atoms with E-state index in [2.05, 4.69) is 21.9 Å². The average Bonchev–Trinajstić information content (AvgIpc) is 2.67. The Hall–Kier alpha value is -1.72. The number of ether oxygens (including phenoxy) is 1. The molecule has 0 radical (unpaired) electrons. The van der Waals surface area contributed by atoms with Crippen LogP contribution in [-0.2, 0) is 20.3 Å². The molecule has 26 heavy (non-hydrogen) atoms. The van der Waals surface area contributed by atoms with Crippen LogP contribution in [-0.4, -0.2) is 36.2 Å². The van der Waals surface area contributed by atoms with Gasteiger partial charge in [-0.1, -0.05) is 34.1 Å². The van der Waals surface area contributed by atoms with E-state index in [1.807, 2.05) is 53.4 Å². The van der Waals surface area contributed by atoms with E-state index in [1.54, 1.807) is 13.4 Å². The number of hydrogen-bond acceptors (Lipinski definition) is 4. The van der Waals surface area contributed by atoms with Crippen LogP contribution in [0.1, 0.15) is 17.9 Å². The summed E-state index contributed by atoms with van der Waals surface area (Å²) < 4.78 is 18.9. The maximum atomic E-state index is 12.2. The van der Waals surface area contributed by atoms with Crippen LogP contribution in [0.4, 0.5) is 5.69 Å². The molecule has 1 saturated heterocycles. The predicted molar refractivity (Wildman–Crippen MR) is 108 cm³/mol. The van der Waals surface area contributed by atoms with Gasteiger partial charge in [0, 0.05) is 40.9 Å². The summed E-state index contributed by atoms with van der Waals surface area (Å²) in [6.07, 6.45) is 2.00. The minimum atomic E-state index is -1.12. The van der Waals surface area contributed by atoms with Crippen LogP contribution in [0.5, 0.6) is 0 Å². The highest BCUT2D eigenvalue weighted by molar-refractivity contribution is 9.10. The van der Waals surface area contributed by atoms with E-state index in [-0.39, 0.29) is 5.92 Å². The normalized spacial score (nSPS) is 21.3. The van der Waals surface area contributed by atoms with Crippen molar-refractivity contribution in [2.75, 3.05) is 24.8 Å². The lowest BCUT2D eigenvalue weighted by atomic mass is 9.85. The van der Waals surface area contributed by atoms with E-state index in [0.717, 1.165) is 27.0 Å². The summed E-state index contributed by atoms with van der Waals surface area (Å²) in [6.45, 7) is 0.668.